The lowest BCUT2D eigenvalue weighted by molar-refractivity contribution is -0.384. The van der Waals surface area contributed by atoms with Crippen LogP contribution in [0.2, 0.25) is 0 Å². The Morgan fingerprint density at radius 2 is 1.95 bits per heavy atom. The molecule has 0 spiro atoms. The van der Waals surface area contributed by atoms with Crippen LogP contribution in [0.15, 0.2) is 89.5 Å². The molecule has 10 heteroatoms. The summed E-state index contributed by atoms with van der Waals surface area (Å²) >= 11 is 5.70. The highest BCUT2D eigenvalue weighted by Gasteiger charge is 2.41. The number of carbonyl (C=O) groups is 1. The van der Waals surface area contributed by atoms with Crippen LogP contribution in [-0.4, -0.2) is 32.4 Å². The van der Waals surface area contributed by atoms with E-state index in [1.807, 2.05) is 60.4 Å². The molecule has 3 heterocycles. The van der Waals surface area contributed by atoms with Crippen LogP contribution in [0.25, 0.3) is 11.3 Å². The number of anilines is 1. The van der Waals surface area contributed by atoms with E-state index >= 15 is 0 Å². The molecule has 2 aromatic carbocycles. The Morgan fingerprint density at radius 1 is 1.13 bits per heavy atom. The maximum Gasteiger partial charge on any atom is 0.270 e. The van der Waals surface area contributed by atoms with Gasteiger partial charge >= 0.3 is 0 Å². The van der Waals surface area contributed by atoms with Gasteiger partial charge in [-0.1, -0.05) is 43.3 Å². The summed E-state index contributed by atoms with van der Waals surface area (Å²) in [7, 11) is 0. The van der Waals surface area contributed by atoms with Gasteiger partial charge in [0.05, 0.1) is 16.7 Å². The highest BCUT2D eigenvalue weighted by molar-refractivity contribution is 7.80. The van der Waals surface area contributed by atoms with E-state index in [4.69, 9.17) is 16.6 Å². The number of para-hydroxylation sites is 1. The molecule has 1 aliphatic rings. The summed E-state index contributed by atoms with van der Waals surface area (Å²) in [5, 5.41) is 18.1. The molecule has 0 aliphatic carbocycles. The first kappa shape index (κ1) is 26.1. The van der Waals surface area contributed by atoms with Crippen LogP contribution in [0.4, 0.5) is 11.4 Å². The smallest absolute Gasteiger partial charge is 0.270 e. The zero-order valence-corrected chi connectivity index (χ0v) is 22.1. The van der Waals surface area contributed by atoms with Gasteiger partial charge in [0, 0.05) is 42.5 Å². The minimum atomic E-state index is -0.435. The number of amides is 1. The molecule has 1 aliphatic heterocycles. The minimum Gasteiger partial charge on any atom is -0.459 e. The number of aromatic nitrogens is 1. The Hall–Kier alpha value is -4.57. The van der Waals surface area contributed by atoms with Crippen LogP contribution in [0.3, 0.4) is 0 Å². The van der Waals surface area contributed by atoms with E-state index in [1.54, 1.807) is 24.4 Å². The molecule has 1 amide bonds. The van der Waals surface area contributed by atoms with Gasteiger partial charge in [-0.05, 0) is 54.5 Å². The first-order valence-electron chi connectivity index (χ1n) is 12.6. The number of nitro benzene ring substituents is 1. The number of nitrogens with zero attached hydrogens (tertiary/aromatic N) is 3. The molecule has 0 bridgehead atoms. The SMILES string of the molecule is CCc1ccccc1NC(=O)CCN1C(=S)N[C@H](c2ccccn2)[C@@H]1c1ccc(-c2cccc([N+](=O)[O-])c2)o1. The quantitative estimate of drug-likeness (QED) is 0.155. The van der Waals surface area contributed by atoms with Gasteiger partial charge in [0.25, 0.3) is 5.69 Å². The molecule has 2 atom stereocenters. The van der Waals surface area contributed by atoms with Gasteiger partial charge in [-0.25, -0.2) is 0 Å². The number of thiocarbonyl (C=S) groups is 1. The van der Waals surface area contributed by atoms with Gasteiger partial charge in [0.2, 0.25) is 5.91 Å². The summed E-state index contributed by atoms with van der Waals surface area (Å²) in [5.41, 5.74) is 3.24. The van der Waals surface area contributed by atoms with Gasteiger partial charge in [-0.15, -0.1) is 0 Å². The second-order valence-corrected chi connectivity index (χ2v) is 9.53. The summed E-state index contributed by atoms with van der Waals surface area (Å²) in [5.74, 6) is 0.992. The summed E-state index contributed by atoms with van der Waals surface area (Å²) in [4.78, 5) is 30.2. The first-order chi connectivity index (χ1) is 18.9. The van der Waals surface area contributed by atoms with Crippen LogP contribution < -0.4 is 10.6 Å². The molecule has 2 N–H and O–H groups in total. The molecule has 0 radical (unpaired) electrons. The lowest BCUT2D eigenvalue weighted by Crippen LogP contribution is -2.32. The second-order valence-electron chi connectivity index (χ2n) is 9.14. The van der Waals surface area contributed by atoms with Crippen LogP contribution in [-0.2, 0) is 11.2 Å². The Bertz CT molecular complexity index is 1510. The fraction of sp³-hybridized carbons (Fsp3) is 0.207. The lowest BCUT2D eigenvalue weighted by atomic mass is 10.0. The van der Waals surface area contributed by atoms with E-state index in [9.17, 15) is 14.9 Å². The van der Waals surface area contributed by atoms with Crippen molar-refractivity contribution in [3.05, 3.63) is 112 Å². The summed E-state index contributed by atoms with van der Waals surface area (Å²) in [6.07, 6.45) is 2.74. The fourth-order valence-corrected chi connectivity index (χ4v) is 5.11. The fourth-order valence-electron chi connectivity index (χ4n) is 4.78. The van der Waals surface area contributed by atoms with E-state index in [2.05, 4.69) is 15.6 Å². The van der Waals surface area contributed by atoms with Crippen molar-refractivity contribution in [3.8, 4) is 11.3 Å². The third kappa shape index (κ3) is 5.65. The Balaban J connectivity index is 1.41. The largest absolute Gasteiger partial charge is 0.459 e. The number of hydrogen-bond donors (Lipinski definition) is 2. The third-order valence-corrected chi connectivity index (χ3v) is 7.06. The Labute approximate surface area is 231 Å². The molecular weight excluding hydrogens is 514 g/mol. The number of nitrogens with one attached hydrogen (secondary N) is 2. The number of hydrogen-bond acceptors (Lipinski definition) is 6. The second kappa shape index (κ2) is 11.4. The predicted molar refractivity (Wildman–Crippen MR) is 152 cm³/mol. The number of carbonyl (C=O) groups excluding carboxylic acids is 1. The number of furan rings is 1. The molecule has 0 unspecified atom stereocenters. The lowest BCUT2D eigenvalue weighted by Gasteiger charge is -2.26. The minimum absolute atomic E-state index is 0.0159. The molecular formula is C29H27N5O4S. The zero-order chi connectivity index (χ0) is 27.4. The predicted octanol–water partition coefficient (Wildman–Crippen LogP) is 5.81. The molecule has 1 fully saturated rings. The van der Waals surface area contributed by atoms with E-state index in [0.29, 0.717) is 28.7 Å². The maximum atomic E-state index is 12.9. The van der Waals surface area contributed by atoms with Crippen molar-refractivity contribution >= 4 is 34.6 Å². The molecule has 198 valence electrons. The topological polar surface area (TPSA) is 114 Å². The van der Waals surface area contributed by atoms with E-state index in [1.165, 1.54) is 12.1 Å². The van der Waals surface area contributed by atoms with Crippen LogP contribution in [0, 0.1) is 10.1 Å². The van der Waals surface area contributed by atoms with Crippen molar-refractivity contribution < 1.29 is 14.1 Å². The monoisotopic (exact) mass is 541 g/mol. The van der Waals surface area contributed by atoms with E-state index < -0.39 is 4.92 Å². The zero-order valence-electron chi connectivity index (χ0n) is 21.2. The number of nitro groups is 1. The third-order valence-electron chi connectivity index (χ3n) is 6.71. The van der Waals surface area contributed by atoms with Gasteiger partial charge in [-0.2, -0.15) is 0 Å². The summed E-state index contributed by atoms with van der Waals surface area (Å²) in [6, 6.07) is 22.7. The van der Waals surface area contributed by atoms with Gasteiger partial charge in [0.1, 0.15) is 17.6 Å². The van der Waals surface area contributed by atoms with Gasteiger partial charge in [-0.3, -0.25) is 19.9 Å². The van der Waals surface area contributed by atoms with Crippen LogP contribution in [0.1, 0.15) is 42.4 Å². The molecule has 4 aromatic rings. The Kier molecular flexibility index (Phi) is 7.64. The van der Waals surface area contributed by atoms with E-state index in [-0.39, 0.29) is 30.1 Å². The molecule has 1 saturated heterocycles. The normalized spacial score (nSPS) is 16.6. The van der Waals surface area contributed by atoms with Crippen molar-refractivity contribution in [3.63, 3.8) is 0 Å². The number of benzene rings is 2. The number of pyridine rings is 1. The average Bonchev–Trinajstić information content (AvgIpc) is 3.57. The van der Waals surface area contributed by atoms with Crippen LogP contribution in [0.5, 0.6) is 0 Å². The standard InChI is InChI=1S/C29H27N5O4S/c1-2-19-8-3-4-11-22(19)31-26(35)15-17-33-28(27(32-29(33)39)23-12-5-6-16-30-23)25-14-13-24(38-25)20-9-7-10-21(18-20)34(36)37/h3-14,16,18,27-28H,2,15,17H2,1H3,(H,31,35)(H,32,39)/t27-,28+/m1/s1. The highest BCUT2D eigenvalue weighted by atomic mass is 32.1. The highest BCUT2D eigenvalue weighted by Crippen LogP contribution is 2.40. The molecule has 9 nitrogen and oxygen atoms in total. The maximum absolute atomic E-state index is 12.9. The molecule has 5 rings (SSSR count). The van der Waals surface area contributed by atoms with Crippen molar-refractivity contribution in [2.24, 2.45) is 0 Å². The molecule has 39 heavy (non-hydrogen) atoms. The van der Waals surface area contributed by atoms with E-state index in [0.717, 1.165) is 23.4 Å². The van der Waals surface area contributed by atoms with Gasteiger partial charge in [0.15, 0.2) is 5.11 Å². The number of aryl methyl sites for hydroxylation is 1. The first-order valence-corrected chi connectivity index (χ1v) is 13.1. The van der Waals surface area contributed by atoms with Crippen molar-refractivity contribution in [1.82, 2.24) is 15.2 Å². The van der Waals surface area contributed by atoms with Crippen molar-refractivity contribution in [2.45, 2.75) is 31.8 Å². The summed E-state index contributed by atoms with van der Waals surface area (Å²) < 4.78 is 6.26. The molecule has 2 aromatic heterocycles. The van der Waals surface area contributed by atoms with Gasteiger partial charge < -0.3 is 20.0 Å². The summed E-state index contributed by atoms with van der Waals surface area (Å²) in [6.45, 7) is 2.40. The number of rotatable bonds is 9. The Morgan fingerprint density at radius 3 is 2.72 bits per heavy atom. The number of non-ortho nitro benzene ring substituents is 1. The molecule has 0 saturated carbocycles. The average molecular weight is 542 g/mol. The van der Waals surface area contributed by atoms with Crippen molar-refractivity contribution in [2.75, 3.05) is 11.9 Å². The van der Waals surface area contributed by atoms with Crippen molar-refractivity contribution in [1.29, 1.82) is 0 Å². The van der Waals surface area contributed by atoms with Crippen LogP contribution >= 0.6 is 12.2 Å².